The molecule has 0 aliphatic heterocycles. The minimum atomic E-state index is -3.44. The molecule has 2 N–H and O–H groups in total. The molecule has 1 amide bonds. The monoisotopic (exact) mass is 439 g/mol. The highest BCUT2D eigenvalue weighted by molar-refractivity contribution is 7.90. The third-order valence-corrected chi connectivity index (χ3v) is 6.20. The Morgan fingerprint density at radius 3 is 2.34 bits per heavy atom. The molecule has 12 heteroatoms. The number of hydrogen-bond acceptors (Lipinski definition) is 8. The Balaban J connectivity index is 2.11. The van der Waals surface area contributed by atoms with Crippen LogP contribution >= 0.6 is 11.3 Å². The number of methoxy groups -OCH3 is 1. The fraction of sp³-hybridized carbons (Fsp3) is 0.235. The summed E-state index contributed by atoms with van der Waals surface area (Å²) >= 11 is 1.02. The number of carbonyl (C=O) groups excluding carboxylic acids is 2. The molecule has 0 spiro atoms. The summed E-state index contributed by atoms with van der Waals surface area (Å²) in [5.41, 5.74) is 0.506. The number of amides is 1. The van der Waals surface area contributed by atoms with Crippen molar-refractivity contribution in [2.45, 2.75) is 18.0 Å². The average molecular weight is 439 g/mol. The summed E-state index contributed by atoms with van der Waals surface area (Å²) in [6, 6.07) is 6.83. The van der Waals surface area contributed by atoms with E-state index >= 15 is 0 Å². The molecule has 2 aromatic heterocycles. The van der Waals surface area contributed by atoms with E-state index in [2.05, 4.69) is 9.73 Å². The zero-order chi connectivity index (χ0) is 21.3. The number of hydrogen-bond donors (Lipinski definition) is 2. The highest BCUT2D eigenvalue weighted by Crippen LogP contribution is 2.23. The van der Waals surface area contributed by atoms with Gasteiger partial charge in [-0.1, -0.05) is 11.3 Å². The number of sulfone groups is 1. The van der Waals surface area contributed by atoms with E-state index in [0.29, 0.717) is 10.2 Å². The Labute approximate surface area is 168 Å². The van der Waals surface area contributed by atoms with Gasteiger partial charge in [0.25, 0.3) is 5.91 Å². The predicted molar refractivity (Wildman–Crippen MR) is 103 cm³/mol. The molecular formula is C17H17N3O7S2. The molecule has 0 fully saturated rings. The maximum absolute atomic E-state index is 12.4. The Morgan fingerprint density at radius 1 is 1.10 bits per heavy atom. The second-order valence-electron chi connectivity index (χ2n) is 6.09. The van der Waals surface area contributed by atoms with Gasteiger partial charge in [-0.25, -0.2) is 8.42 Å². The number of esters is 1. The van der Waals surface area contributed by atoms with Crippen LogP contribution in [0.15, 0.2) is 40.2 Å². The standard InChI is InChI=1S/C17H17N3O7S2/c1-27-16(24)9-19-11-4-3-10(29(2,25)26)7-12(11)28-17(19)18-13(21)8-20-14(22)5-6-15(20)23/h3-7,22-23H,8-9H2,1-2H3. The van der Waals surface area contributed by atoms with Crippen molar-refractivity contribution < 1.29 is 33.0 Å². The van der Waals surface area contributed by atoms with Crippen LogP contribution in [0.4, 0.5) is 0 Å². The van der Waals surface area contributed by atoms with Crippen molar-refractivity contribution >= 4 is 43.3 Å². The van der Waals surface area contributed by atoms with E-state index in [1.165, 1.54) is 42.0 Å². The van der Waals surface area contributed by atoms with Crippen molar-refractivity contribution in [3.63, 3.8) is 0 Å². The maximum Gasteiger partial charge on any atom is 0.325 e. The molecule has 0 unspecified atom stereocenters. The molecule has 0 bridgehead atoms. The summed E-state index contributed by atoms with van der Waals surface area (Å²) in [6.45, 7) is -0.660. The minimum Gasteiger partial charge on any atom is -0.494 e. The van der Waals surface area contributed by atoms with Gasteiger partial charge in [-0.3, -0.25) is 14.2 Å². The molecule has 2 heterocycles. The quantitative estimate of drug-likeness (QED) is 0.555. The number of rotatable bonds is 5. The lowest BCUT2D eigenvalue weighted by Crippen LogP contribution is -2.23. The number of ether oxygens (including phenoxy) is 1. The van der Waals surface area contributed by atoms with Crippen molar-refractivity contribution in [3.05, 3.63) is 35.1 Å². The van der Waals surface area contributed by atoms with E-state index in [1.54, 1.807) is 0 Å². The van der Waals surface area contributed by atoms with E-state index in [-0.39, 0.29) is 28.0 Å². The molecule has 154 valence electrons. The molecule has 0 radical (unpaired) electrons. The van der Waals surface area contributed by atoms with Crippen LogP contribution in [0.1, 0.15) is 0 Å². The molecule has 3 rings (SSSR count). The number of aromatic hydroxyl groups is 2. The molecule has 0 atom stereocenters. The van der Waals surface area contributed by atoms with Crippen LogP contribution in [0, 0.1) is 0 Å². The van der Waals surface area contributed by atoms with Crippen molar-refractivity contribution in [1.29, 1.82) is 0 Å². The summed E-state index contributed by atoms with van der Waals surface area (Å²) in [4.78, 5) is 28.4. The van der Waals surface area contributed by atoms with Crippen LogP contribution in [0.3, 0.4) is 0 Å². The summed E-state index contributed by atoms with van der Waals surface area (Å²) < 4.78 is 31.2. The number of carbonyl (C=O) groups is 2. The summed E-state index contributed by atoms with van der Waals surface area (Å²) in [6.07, 6.45) is 1.08. The topological polar surface area (TPSA) is 140 Å². The zero-order valence-electron chi connectivity index (χ0n) is 15.4. The van der Waals surface area contributed by atoms with Crippen molar-refractivity contribution in [1.82, 2.24) is 9.13 Å². The second-order valence-corrected chi connectivity index (χ2v) is 9.11. The number of benzene rings is 1. The van der Waals surface area contributed by atoms with Crippen LogP contribution in [-0.4, -0.2) is 53.0 Å². The van der Waals surface area contributed by atoms with Gasteiger partial charge in [0, 0.05) is 18.4 Å². The first kappa shape index (κ1) is 20.6. The van der Waals surface area contributed by atoms with Crippen molar-refractivity contribution in [3.8, 4) is 11.8 Å². The average Bonchev–Trinajstić information content (AvgIpc) is 3.14. The van der Waals surface area contributed by atoms with Gasteiger partial charge in [-0.15, -0.1) is 0 Å². The second kappa shape index (κ2) is 7.72. The highest BCUT2D eigenvalue weighted by atomic mass is 32.2. The number of nitrogens with zero attached hydrogens (tertiary/aromatic N) is 3. The molecule has 0 saturated carbocycles. The summed E-state index contributed by atoms with van der Waals surface area (Å²) in [5.74, 6) is -1.88. The highest BCUT2D eigenvalue weighted by Gasteiger charge is 2.16. The Bertz CT molecular complexity index is 1260. The van der Waals surface area contributed by atoms with Gasteiger partial charge in [-0.2, -0.15) is 4.99 Å². The number of fused-ring (bicyclic) bond motifs is 1. The Morgan fingerprint density at radius 2 is 1.76 bits per heavy atom. The van der Waals surface area contributed by atoms with E-state index in [4.69, 9.17) is 0 Å². The third kappa shape index (κ3) is 4.32. The Kier molecular flexibility index (Phi) is 5.48. The van der Waals surface area contributed by atoms with E-state index < -0.39 is 28.3 Å². The number of thiazole rings is 1. The van der Waals surface area contributed by atoms with E-state index in [9.17, 15) is 28.2 Å². The van der Waals surface area contributed by atoms with Crippen LogP contribution in [0.2, 0.25) is 0 Å². The van der Waals surface area contributed by atoms with Gasteiger partial charge < -0.3 is 19.5 Å². The van der Waals surface area contributed by atoms with Crippen LogP contribution < -0.4 is 4.80 Å². The molecule has 3 aromatic rings. The van der Waals surface area contributed by atoms with Crippen molar-refractivity contribution in [2.75, 3.05) is 13.4 Å². The molecule has 0 aliphatic rings. The van der Waals surface area contributed by atoms with Gasteiger partial charge in [-0.05, 0) is 18.2 Å². The zero-order valence-corrected chi connectivity index (χ0v) is 17.0. The fourth-order valence-electron chi connectivity index (χ4n) is 2.60. The molecule has 29 heavy (non-hydrogen) atoms. The third-order valence-electron chi connectivity index (χ3n) is 4.05. The van der Waals surface area contributed by atoms with Crippen molar-refractivity contribution in [2.24, 2.45) is 4.99 Å². The van der Waals surface area contributed by atoms with Crippen LogP contribution in [0.5, 0.6) is 11.8 Å². The first-order valence-corrected chi connectivity index (χ1v) is 10.9. The van der Waals surface area contributed by atoms with Gasteiger partial charge >= 0.3 is 5.97 Å². The first-order valence-electron chi connectivity index (χ1n) is 8.15. The minimum absolute atomic E-state index is 0.0940. The summed E-state index contributed by atoms with van der Waals surface area (Å²) in [7, 11) is -2.22. The molecule has 0 aliphatic carbocycles. The molecule has 0 saturated heterocycles. The smallest absolute Gasteiger partial charge is 0.325 e. The van der Waals surface area contributed by atoms with Gasteiger partial charge in [0.15, 0.2) is 26.4 Å². The SMILES string of the molecule is COC(=O)Cn1c(=NC(=O)Cn2c(O)ccc2O)sc2cc(S(C)(=O)=O)ccc21. The lowest BCUT2D eigenvalue weighted by atomic mass is 10.3. The molecule has 10 nitrogen and oxygen atoms in total. The van der Waals surface area contributed by atoms with Gasteiger partial charge in [0.2, 0.25) is 0 Å². The summed E-state index contributed by atoms with van der Waals surface area (Å²) in [5, 5.41) is 19.3. The van der Waals surface area contributed by atoms with Crippen LogP contribution in [0.25, 0.3) is 10.2 Å². The largest absolute Gasteiger partial charge is 0.494 e. The maximum atomic E-state index is 12.4. The first-order chi connectivity index (χ1) is 13.6. The van der Waals surface area contributed by atoms with Crippen LogP contribution in [-0.2, 0) is 37.3 Å². The lowest BCUT2D eigenvalue weighted by molar-refractivity contribution is -0.141. The molecule has 1 aromatic carbocycles. The van der Waals surface area contributed by atoms with E-state index in [0.717, 1.165) is 22.2 Å². The lowest BCUT2D eigenvalue weighted by Gasteiger charge is -2.05. The Hall–Kier alpha value is -3.12. The number of aromatic nitrogens is 2. The van der Waals surface area contributed by atoms with Gasteiger partial charge in [0.05, 0.1) is 22.2 Å². The fourth-order valence-corrected chi connectivity index (χ4v) is 4.41. The normalized spacial score (nSPS) is 12.4. The van der Waals surface area contributed by atoms with Gasteiger partial charge in [0.1, 0.15) is 13.1 Å². The molecular weight excluding hydrogens is 422 g/mol. The van der Waals surface area contributed by atoms with E-state index in [1.807, 2.05) is 0 Å². The predicted octanol–water partition coefficient (Wildman–Crippen LogP) is 0.619.